The van der Waals surface area contributed by atoms with Gasteiger partial charge in [-0.1, -0.05) is 11.8 Å². The van der Waals surface area contributed by atoms with Crippen molar-refractivity contribution < 1.29 is 30.2 Å². The van der Waals surface area contributed by atoms with Crippen LogP contribution in [0.4, 0.5) is 13.2 Å². The fourth-order valence-electron chi connectivity index (χ4n) is 1.58. The van der Waals surface area contributed by atoms with Crippen LogP contribution in [0.15, 0.2) is 32.7 Å². The minimum absolute atomic E-state index is 0.0909. The minimum atomic E-state index is -4.65. The van der Waals surface area contributed by atoms with Gasteiger partial charge in [0.15, 0.2) is 0 Å². The van der Waals surface area contributed by atoms with E-state index in [1.165, 1.54) is 0 Å². The molecule has 1 aromatic heterocycles. The van der Waals surface area contributed by atoms with Gasteiger partial charge in [0.1, 0.15) is 4.90 Å². The summed E-state index contributed by atoms with van der Waals surface area (Å²) in [5.74, 6) is -0.342. The molecule has 2 rings (SSSR count). The molecule has 0 unspecified atom stereocenters. The Hall–Kier alpha value is -1.59. The van der Waals surface area contributed by atoms with Crippen LogP contribution in [0.3, 0.4) is 0 Å². The molecule has 6 nitrogen and oxygen atoms in total. The van der Waals surface area contributed by atoms with E-state index in [9.17, 15) is 21.6 Å². The van der Waals surface area contributed by atoms with Gasteiger partial charge in [-0.15, -0.1) is 10.2 Å². The Kier molecular flexibility index (Phi) is 4.49. The molecule has 0 aliphatic rings. The maximum Gasteiger partial charge on any atom is 0.416 e. The van der Waals surface area contributed by atoms with E-state index in [4.69, 9.17) is 4.42 Å². The molecular weight excluding hydrogens is 345 g/mol. The summed E-state index contributed by atoms with van der Waals surface area (Å²) in [7, 11) is -3.34. The van der Waals surface area contributed by atoms with Crippen molar-refractivity contribution in [3.63, 3.8) is 0 Å². The second-order valence-electron chi connectivity index (χ2n) is 3.91. The van der Waals surface area contributed by atoms with E-state index in [-0.39, 0.29) is 16.7 Å². The van der Waals surface area contributed by atoms with Gasteiger partial charge in [-0.25, -0.2) is 0 Å². The fraction of sp³-hybridized carbons (Fsp3) is 0.273. The van der Waals surface area contributed by atoms with Crippen LogP contribution in [0.2, 0.25) is 0 Å². The van der Waals surface area contributed by atoms with Gasteiger partial charge in [0.25, 0.3) is 15.3 Å². The zero-order valence-electron chi connectivity index (χ0n) is 11.2. The molecule has 0 saturated heterocycles. The lowest BCUT2D eigenvalue weighted by molar-refractivity contribution is -0.137. The van der Waals surface area contributed by atoms with Gasteiger partial charge in [0.05, 0.1) is 18.2 Å². The summed E-state index contributed by atoms with van der Waals surface area (Å²) in [5.41, 5.74) is -1.41. The third-order valence-electron chi connectivity index (χ3n) is 2.61. The molecule has 0 radical (unpaired) electrons. The monoisotopic (exact) mass is 354 g/mol. The first-order valence-electron chi connectivity index (χ1n) is 5.59. The average molecular weight is 354 g/mol. The SMILES string of the molecule is COS(=O)(=O)c1ccc(C(F)(F)F)cc1-c1nnc(SC)o1. The predicted octanol–water partition coefficient (Wildman–Crippen LogP) is 2.81. The summed E-state index contributed by atoms with van der Waals surface area (Å²) >= 11 is 1.07. The number of benzene rings is 1. The molecule has 120 valence electrons. The molecule has 0 N–H and O–H groups in total. The molecule has 1 aromatic carbocycles. The maximum absolute atomic E-state index is 12.8. The topological polar surface area (TPSA) is 82.3 Å². The third kappa shape index (κ3) is 3.25. The quantitative estimate of drug-likeness (QED) is 0.617. The second-order valence-corrected chi connectivity index (χ2v) is 6.35. The highest BCUT2D eigenvalue weighted by molar-refractivity contribution is 7.98. The van der Waals surface area contributed by atoms with Crippen LogP contribution >= 0.6 is 11.8 Å². The van der Waals surface area contributed by atoms with E-state index in [0.717, 1.165) is 24.9 Å². The zero-order valence-corrected chi connectivity index (χ0v) is 12.8. The normalized spacial score (nSPS) is 12.6. The molecule has 0 saturated carbocycles. The molecule has 0 aliphatic heterocycles. The van der Waals surface area contributed by atoms with Crippen molar-refractivity contribution in [2.45, 2.75) is 16.3 Å². The zero-order chi connectivity index (χ0) is 16.5. The Bertz CT molecular complexity index is 787. The smallest absolute Gasteiger partial charge is 0.411 e. The Balaban J connectivity index is 2.70. The molecule has 11 heteroatoms. The third-order valence-corrected chi connectivity index (χ3v) is 4.45. The van der Waals surface area contributed by atoms with Gasteiger partial charge in [0.2, 0.25) is 5.89 Å². The van der Waals surface area contributed by atoms with Gasteiger partial charge in [-0.2, -0.15) is 21.6 Å². The first-order valence-corrected chi connectivity index (χ1v) is 8.22. The molecule has 0 aliphatic carbocycles. The van der Waals surface area contributed by atoms with Crippen LogP contribution in [0.5, 0.6) is 0 Å². The Morgan fingerprint density at radius 3 is 2.45 bits per heavy atom. The van der Waals surface area contributed by atoms with Crippen LogP contribution < -0.4 is 0 Å². The lowest BCUT2D eigenvalue weighted by Crippen LogP contribution is -2.09. The van der Waals surface area contributed by atoms with Gasteiger partial charge in [-0.05, 0) is 24.5 Å². The lowest BCUT2D eigenvalue weighted by Gasteiger charge is -2.11. The number of halogens is 3. The molecule has 0 atom stereocenters. The van der Waals surface area contributed by atoms with Gasteiger partial charge in [0, 0.05) is 0 Å². The van der Waals surface area contributed by atoms with Crippen molar-refractivity contribution >= 4 is 21.9 Å². The van der Waals surface area contributed by atoms with E-state index < -0.39 is 26.8 Å². The molecule has 22 heavy (non-hydrogen) atoms. The van der Waals surface area contributed by atoms with E-state index in [2.05, 4.69) is 14.4 Å². The summed E-state index contributed by atoms with van der Waals surface area (Å²) < 4.78 is 71.6. The van der Waals surface area contributed by atoms with Crippen molar-refractivity contribution in [2.75, 3.05) is 13.4 Å². The first-order chi connectivity index (χ1) is 10.2. The van der Waals surface area contributed by atoms with Crippen molar-refractivity contribution in [1.82, 2.24) is 10.2 Å². The molecular formula is C11H9F3N2O4S2. The first kappa shape index (κ1) is 16.8. The number of nitrogens with zero attached hydrogens (tertiary/aromatic N) is 2. The Morgan fingerprint density at radius 1 is 1.27 bits per heavy atom. The average Bonchev–Trinajstić information content (AvgIpc) is 2.94. The summed E-state index contributed by atoms with van der Waals surface area (Å²) in [5, 5.41) is 7.24. The number of hydrogen-bond donors (Lipinski definition) is 0. The molecule has 1 heterocycles. The van der Waals surface area contributed by atoms with Gasteiger partial charge < -0.3 is 4.42 Å². The van der Waals surface area contributed by atoms with Crippen LogP contribution in [0.25, 0.3) is 11.5 Å². The van der Waals surface area contributed by atoms with E-state index in [1.54, 1.807) is 6.26 Å². The summed E-state index contributed by atoms with van der Waals surface area (Å²) in [4.78, 5) is -0.487. The van der Waals surface area contributed by atoms with E-state index >= 15 is 0 Å². The number of rotatable bonds is 4. The summed E-state index contributed by atoms with van der Waals surface area (Å²) in [6.07, 6.45) is -3.03. The predicted molar refractivity (Wildman–Crippen MR) is 70.7 cm³/mol. The Labute approximate surface area is 127 Å². The number of hydrogen-bond acceptors (Lipinski definition) is 7. The second kappa shape index (κ2) is 5.89. The molecule has 0 bridgehead atoms. The standard InChI is InChI=1S/C11H9F3N2O4S2/c1-19-22(17,18)8-4-3-6(11(12,13)14)5-7(8)9-15-16-10(20-9)21-2/h3-5H,1-2H3. The molecule has 0 amide bonds. The van der Waals surface area contributed by atoms with Crippen molar-refractivity contribution in [2.24, 2.45) is 0 Å². The van der Waals surface area contributed by atoms with Gasteiger partial charge in [-0.3, -0.25) is 4.18 Å². The summed E-state index contributed by atoms with van der Waals surface area (Å²) in [6.45, 7) is 0. The Morgan fingerprint density at radius 2 is 1.95 bits per heavy atom. The van der Waals surface area contributed by atoms with Gasteiger partial charge >= 0.3 is 6.18 Å². The fourth-order valence-corrected chi connectivity index (χ4v) is 2.70. The summed E-state index contributed by atoms with van der Waals surface area (Å²) in [6, 6.07) is 2.06. The lowest BCUT2D eigenvalue weighted by atomic mass is 10.1. The van der Waals surface area contributed by atoms with Crippen LogP contribution in [0.1, 0.15) is 5.56 Å². The number of alkyl halides is 3. The minimum Gasteiger partial charge on any atom is -0.411 e. The number of aromatic nitrogens is 2. The molecule has 2 aromatic rings. The van der Waals surface area contributed by atoms with Crippen molar-refractivity contribution in [3.8, 4) is 11.5 Å². The maximum atomic E-state index is 12.8. The van der Waals surface area contributed by atoms with E-state index in [1.807, 2.05) is 0 Å². The largest absolute Gasteiger partial charge is 0.416 e. The van der Waals surface area contributed by atoms with Crippen LogP contribution in [-0.4, -0.2) is 32.0 Å². The molecule has 0 fully saturated rings. The van der Waals surface area contributed by atoms with Crippen LogP contribution in [0, 0.1) is 0 Å². The number of thioether (sulfide) groups is 1. The highest BCUT2D eigenvalue weighted by Gasteiger charge is 2.33. The van der Waals surface area contributed by atoms with E-state index in [0.29, 0.717) is 12.1 Å². The van der Waals surface area contributed by atoms with Crippen molar-refractivity contribution in [1.29, 1.82) is 0 Å². The highest BCUT2D eigenvalue weighted by Crippen LogP contribution is 2.36. The molecule has 0 spiro atoms. The highest BCUT2D eigenvalue weighted by atomic mass is 32.2. The van der Waals surface area contributed by atoms with Crippen LogP contribution in [-0.2, 0) is 20.5 Å². The van der Waals surface area contributed by atoms with Crippen molar-refractivity contribution in [3.05, 3.63) is 23.8 Å².